The summed E-state index contributed by atoms with van der Waals surface area (Å²) in [5.41, 5.74) is 1.41. The van der Waals surface area contributed by atoms with Gasteiger partial charge in [0.25, 0.3) is 0 Å². The summed E-state index contributed by atoms with van der Waals surface area (Å²) in [5, 5.41) is 3.42. The third-order valence-corrected chi connectivity index (χ3v) is 3.95. The highest BCUT2D eigenvalue weighted by Crippen LogP contribution is 2.22. The summed E-state index contributed by atoms with van der Waals surface area (Å²) in [7, 11) is 0. The number of hydrogen-bond acceptors (Lipinski definition) is 2. The second kappa shape index (κ2) is 6.79. The number of hydrogen-bond donors (Lipinski definition) is 1. The molecule has 18 heavy (non-hydrogen) atoms. The van der Waals surface area contributed by atoms with Crippen molar-refractivity contribution in [1.82, 2.24) is 5.32 Å². The molecular formula is C16H25NO. The van der Waals surface area contributed by atoms with E-state index < -0.39 is 0 Å². The first-order valence-electron chi connectivity index (χ1n) is 7.23. The van der Waals surface area contributed by atoms with Crippen LogP contribution in [-0.2, 0) is 0 Å². The summed E-state index contributed by atoms with van der Waals surface area (Å²) in [4.78, 5) is 0. The summed E-state index contributed by atoms with van der Waals surface area (Å²) in [5.74, 6) is 2.32. The Morgan fingerprint density at radius 1 is 1.33 bits per heavy atom. The summed E-state index contributed by atoms with van der Waals surface area (Å²) < 4.78 is 5.87. The van der Waals surface area contributed by atoms with Gasteiger partial charge in [-0.05, 0) is 49.4 Å². The molecular weight excluding hydrogens is 222 g/mol. The molecule has 0 aliphatic carbocycles. The Bertz CT molecular complexity index is 341. The molecule has 1 aromatic rings. The lowest BCUT2D eigenvalue weighted by atomic mass is 9.99. The maximum atomic E-state index is 5.87. The zero-order valence-corrected chi connectivity index (χ0v) is 11.6. The highest BCUT2D eigenvalue weighted by Gasteiger charge is 2.13. The predicted octanol–water partition coefficient (Wildman–Crippen LogP) is 3.58. The lowest BCUT2D eigenvalue weighted by Gasteiger charge is -2.22. The highest BCUT2D eigenvalue weighted by atomic mass is 16.5. The minimum absolute atomic E-state index is 0.640. The molecule has 0 amide bonds. The Morgan fingerprint density at radius 3 is 2.72 bits per heavy atom. The van der Waals surface area contributed by atoms with E-state index in [2.05, 4.69) is 43.4 Å². The van der Waals surface area contributed by atoms with E-state index in [1.54, 1.807) is 0 Å². The van der Waals surface area contributed by atoms with Gasteiger partial charge in [-0.3, -0.25) is 0 Å². The van der Waals surface area contributed by atoms with Crippen molar-refractivity contribution in [2.75, 3.05) is 19.7 Å². The van der Waals surface area contributed by atoms with Crippen molar-refractivity contribution in [3.63, 3.8) is 0 Å². The van der Waals surface area contributed by atoms with Gasteiger partial charge in [-0.15, -0.1) is 0 Å². The zero-order chi connectivity index (χ0) is 12.8. The molecule has 1 aliphatic heterocycles. The second-order valence-corrected chi connectivity index (χ2v) is 5.40. The van der Waals surface area contributed by atoms with Gasteiger partial charge in [0.05, 0.1) is 6.61 Å². The Kier molecular flexibility index (Phi) is 5.06. The molecule has 2 heteroatoms. The van der Waals surface area contributed by atoms with E-state index in [0.717, 1.165) is 18.9 Å². The molecule has 1 aromatic carbocycles. The van der Waals surface area contributed by atoms with Gasteiger partial charge in [0.1, 0.15) is 5.75 Å². The van der Waals surface area contributed by atoms with E-state index in [-0.39, 0.29) is 0 Å². The third-order valence-electron chi connectivity index (χ3n) is 3.95. The minimum atomic E-state index is 0.640. The molecule has 1 aliphatic rings. The highest BCUT2D eigenvalue weighted by molar-refractivity contribution is 5.29. The molecule has 0 bridgehead atoms. The van der Waals surface area contributed by atoms with Crippen LogP contribution in [0, 0.1) is 5.92 Å². The molecule has 0 aromatic heterocycles. The second-order valence-electron chi connectivity index (χ2n) is 5.40. The molecule has 1 heterocycles. The van der Waals surface area contributed by atoms with E-state index in [4.69, 9.17) is 4.74 Å². The predicted molar refractivity (Wildman–Crippen MR) is 76.2 cm³/mol. The van der Waals surface area contributed by atoms with E-state index in [1.165, 1.54) is 31.4 Å². The number of ether oxygens (including phenoxy) is 1. The smallest absolute Gasteiger partial charge is 0.119 e. The molecule has 2 atom stereocenters. The van der Waals surface area contributed by atoms with Crippen LogP contribution < -0.4 is 10.1 Å². The molecule has 0 spiro atoms. The monoisotopic (exact) mass is 247 g/mol. The van der Waals surface area contributed by atoms with Crippen molar-refractivity contribution in [1.29, 1.82) is 0 Å². The van der Waals surface area contributed by atoms with Gasteiger partial charge in [-0.2, -0.15) is 0 Å². The fourth-order valence-electron chi connectivity index (χ4n) is 2.41. The van der Waals surface area contributed by atoms with Gasteiger partial charge >= 0.3 is 0 Å². The van der Waals surface area contributed by atoms with E-state index in [9.17, 15) is 0 Å². The SMILES string of the molecule is CC[C@@H](C)c1ccc(OC[C@@H]2CCCNC2)cc1. The quantitative estimate of drug-likeness (QED) is 0.858. The van der Waals surface area contributed by atoms with Crippen molar-refractivity contribution in [2.24, 2.45) is 5.92 Å². The first-order chi connectivity index (χ1) is 8.79. The maximum Gasteiger partial charge on any atom is 0.119 e. The fraction of sp³-hybridized carbons (Fsp3) is 0.625. The van der Waals surface area contributed by atoms with Crippen LogP contribution in [0.5, 0.6) is 5.75 Å². The first-order valence-corrected chi connectivity index (χ1v) is 7.23. The molecule has 1 fully saturated rings. The molecule has 0 radical (unpaired) electrons. The molecule has 2 rings (SSSR count). The number of benzene rings is 1. The first kappa shape index (κ1) is 13.4. The Morgan fingerprint density at radius 2 is 2.11 bits per heavy atom. The summed E-state index contributed by atoms with van der Waals surface area (Å²) in [6.45, 7) is 7.61. The van der Waals surface area contributed by atoms with Crippen LogP contribution in [0.15, 0.2) is 24.3 Å². The van der Waals surface area contributed by atoms with E-state index in [1.807, 2.05) is 0 Å². The average Bonchev–Trinajstić information content (AvgIpc) is 2.46. The van der Waals surface area contributed by atoms with Crippen molar-refractivity contribution in [2.45, 2.75) is 39.0 Å². The lowest BCUT2D eigenvalue weighted by molar-refractivity contribution is 0.218. The van der Waals surface area contributed by atoms with Crippen molar-refractivity contribution < 1.29 is 4.74 Å². The van der Waals surface area contributed by atoms with Gasteiger partial charge in [0.2, 0.25) is 0 Å². The van der Waals surface area contributed by atoms with Crippen molar-refractivity contribution in [3.05, 3.63) is 29.8 Å². The van der Waals surface area contributed by atoms with Crippen LogP contribution in [0.4, 0.5) is 0 Å². The Hall–Kier alpha value is -1.02. The largest absolute Gasteiger partial charge is 0.493 e. The molecule has 0 saturated carbocycles. The molecule has 0 unspecified atom stereocenters. The molecule has 1 N–H and O–H groups in total. The van der Waals surface area contributed by atoms with Gasteiger partial charge in [0, 0.05) is 12.5 Å². The molecule has 1 saturated heterocycles. The van der Waals surface area contributed by atoms with E-state index in [0.29, 0.717) is 11.8 Å². The van der Waals surface area contributed by atoms with Gasteiger partial charge in [0.15, 0.2) is 0 Å². The Labute approximate surface area is 111 Å². The average molecular weight is 247 g/mol. The normalized spacial score (nSPS) is 21.6. The van der Waals surface area contributed by atoms with Crippen LogP contribution in [0.25, 0.3) is 0 Å². The van der Waals surface area contributed by atoms with Crippen LogP contribution in [0.3, 0.4) is 0 Å². The van der Waals surface area contributed by atoms with Gasteiger partial charge in [-0.25, -0.2) is 0 Å². The van der Waals surface area contributed by atoms with Crippen molar-refractivity contribution >= 4 is 0 Å². The number of nitrogens with one attached hydrogen (secondary N) is 1. The zero-order valence-electron chi connectivity index (χ0n) is 11.6. The minimum Gasteiger partial charge on any atom is -0.493 e. The Balaban J connectivity index is 1.82. The summed E-state index contributed by atoms with van der Waals surface area (Å²) >= 11 is 0. The molecule has 100 valence electrons. The van der Waals surface area contributed by atoms with Crippen LogP contribution in [0.2, 0.25) is 0 Å². The lowest BCUT2D eigenvalue weighted by Crippen LogP contribution is -2.33. The fourth-order valence-corrected chi connectivity index (χ4v) is 2.41. The summed E-state index contributed by atoms with van der Waals surface area (Å²) in [6.07, 6.45) is 3.76. The maximum absolute atomic E-state index is 5.87. The van der Waals surface area contributed by atoms with Gasteiger partial charge in [-0.1, -0.05) is 26.0 Å². The van der Waals surface area contributed by atoms with E-state index >= 15 is 0 Å². The number of rotatable bonds is 5. The standard InChI is InChI=1S/C16H25NO/c1-3-13(2)15-6-8-16(9-7-15)18-12-14-5-4-10-17-11-14/h6-9,13-14,17H,3-5,10-12H2,1-2H3/t13-,14-/m1/s1. The summed E-state index contributed by atoms with van der Waals surface area (Å²) in [6, 6.07) is 8.61. The van der Waals surface area contributed by atoms with Crippen molar-refractivity contribution in [3.8, 4) is 5.75 Å². The number of piperidine rings is 1. The third kappa shape index (κ3) is 3.74. The van der Waals surface area contributed by atoms with Crippen LogP contribution >= 0.6 is 0 Å². The molecule has 2 nitrogen and oxygen atoms in total. The van der Waals surface area contributed by atoms with Crippen LogP contribution in [0.1, 0.15) is 44.6 Å². The van der Waals surface area contributed by atoms with Crippen LogP contribution in [-0.4, -0.2) is 19.7 Å². The topological polar surface area (TPSA) is 21.3 Å². The van der Waals surface area contributed by atoms with Gasteiger partial charge < -0.3 is 10.1 Å².